The number of carbonyl (C=O) groups is 1. The van der Waals surface area contributed by atoms with Gasteiger partial charge in [0.1, 0.15) is 13.2 Å². The zero-order valence-electron chi connectivity index (χ0n) is 16.6. The highest BCUT2D eigenvalue weighted by Crippen LogP contribution is 2.30. The summed E-state index contributed by atoms with van der Waals surface area (Å²) in [5, 5.41) is 3.01. The smallest absolute Gasteiger partial charge is 0.317 e. The number of fused-ring (bicyclic) bond motifs is 1. The number of carbonyl (C=O) groups excluding carboxylic acids is 1. The van der Waals surface area contributed by atoms with Gasteiger partial charge in [0.15, 0.2) is 11.5 Å². The molecule has 2 aliphatic heterocycles. The monoisotopic (exact) mass is 376 g/mol. The first-order valence-electron chi connectivity index (χ1n) is 9.90. The summed E-state index contributed by atoms with van der Waals surface area (Å²) in [5.74, 6) is 1.54. The van der Waals surface area contributed by atoms with Gasteiger partial charge in [-0.05, 0) is 44.1 Å². The summed E-state index contributed by atoms with van der Waals surface area (Å²) in [6.07, 6.45) is 2.13. The van der Waals surface area contributed by atoms with E-state index in [0.29, 0.717) is 19.8 Å². The molecule has 2 aliphatic rings. The molecule has 0 aromatic heterocycles. The first-order chi connectivity index (χ1) is 13.1. The lowest BCUT2D eigenvalue weighted by Gasteiger charge is -2.32. The van der Waals surface area contributed by atoms with Crippen LogP contribution in [0.4, 0.5) is 4.79 Å². The summed E-state index contributed by atoms with van der Waals surface area (Å²) in [6, 6.07) is 5.81. The standard InChI is InChI=1S/C20H32N4O3/c1-22-9-11-24(12-10-22)8-4-3-7-21-20(25)23(2)16-17-5-6-18-19(15-17)27-14-13-26-18/h5-6,15H,3-4,7-14,16H2,1-2H3,(H,21,25). The maximum absolute atomic E-state index is 12.3. The van der Waals surface area contributed by atoms with E-state index in [-0.39, 0.29) is 6.03 Å². The van der Waals surface area contributed by atoms with E-state index in [1.807, 2.05) is 25.2 Å². The predicted molar refractivity (Wildman–Crippen MR) is 105 cm³/mol. The van der Waals surface area contributed by atoms with Crippen molar-refractivity contribution >= 4 is 6.03 Å². The van der Waals surface area contributed by atoms with Gasteiger partial charge in [-0.25, -0.2) is 4.79 Å². The summed E-state index contributed by atoms with van der Waals surface area (Å²) >= 11 is 0. The van der Waals surface area contributed by atoms with Crippen molar-refractivity contribution in [3.63, 3.8) is 0 Å². The van der Waals surface area contributed by atoms with Crippen LogP contribution in [0.3, 0.4) is 0 Å². The second-order valence-corrected chi connectivity index (χ2v) is 7.42. The summed E-state index contributed by atoms with van der Waals surface area (Å²) in [4.78, 5) is 18.9. The second kappa shape index (κ2) is 9.80. The highest BCUT2D eigenvalue weighted by atomic mass is 16.6. The van der Waals surface area contributed by atoms with Crippen molar-refractivity contribution in [1.82, 2.24) is 20.0 Å². The number of unbranched alkanes of at least 4 members (excludes halogenated alkanes) is 1. The molecular formula is C20H32N4O3. The fourth-order valence-electron chi connectivity index (χ4n) is 3.39. The summed E-state index contributed by atoms with van der Waals surface area (Å²) < 4.78 is 11.1. The van der Waals surface area contributed by atoms with Gasteiger partial charge in [-0.15, -0.1) is 0 Å². The van der Waals surface area contributed by atoms with Gasteiger partial charge in [0.25, 0.3) is 0 Å². The Bertz CT molecular complexity index is 617. The third kappa shape index (κ3) is 6.01. The minimum absolute atomic E-state index is 0.0375. The Labute approximate surface area is 162 Å². The van der Waals surface area contributed by atoms with Crippen LogP contribution in [0, 0.1) is 0 Å². The predicted octanol–water partition coefficient (Wildman–Crippen LogP) is 1.63. The topological polar surface area (TPSA) is 57.3 Å². The lowest BCUT2D eigenvalue weighted by Crippen LogP contribution is -2.44. The molecule has 0 bridgehead atoms. The number of rotatable bonds is 7. The number of hydrogen-bond donors (Lipinski definition) is 1. The molecule has 1 fully saturated rings. The highest BCUT2D eigenvalue weighted by molar-refractivity contribution is 5.73. The number of likely N-dealkylation sites (N-methyl/N-ethyl adjacent to an activating group) is 1. The molecule has 3 rings (SSSR count). The van der Waals surface area contributed by atoms with Gasteiger partial charge in [-0.3, -0.25) is 0 Å². The van der Waals surface area contributed by atoms with E-state index >= 15 is 0 Å². The molecule has 0 spiro atoms. The molecule has 27 heavy (non-hydrogen) atoms. The summed E-state index contributed by atoms with van der Waals surface area (Å²) in [5.41, 5.74) is 1.03. The maximum atomic E-state index is 12.3. The maximum Gasteiger partial charge on any atom is 0.317 e. The molecule has 0 unspecified atom stereocenters. The van der Waals surface area contributed by atoms with Crippen molar-refractivity contribution in [1.29, 1.82) is 0 Å². The van der Waals surface area contributed by atoms with E-state index in [4.69, 9.17) is 9.47 Å². The van der Waals surface area contributed by atoms with Crippen molar-refractivity contribution in [2.75, 3.05) is 66.6 Å². The number of hydrogen-bond acceptors (Lipinski definition) is 5. The molecule has 2 heterocycles. The summed E-state index contributed by atoms with van der Waals surface area (Å²) in [6.45, 7) is 8.16. The first kappa shape index (κ1) is 19.8. The van der Waals surface area contributed by atoms with Crippen LogP contribution >= 0.6 is 0 Å². The van der Waals surface area contributed by atoms with Crippen LogP contribution in [0.2, 0.25) is 0 Å². The number of piperazine rings is 1. The molecule has 7 nitrogen and oxygen atoms in total. The van der Waals surface area contributed by atoms with E-state index in [0.717, 1.165) is 69.2 Å². The molecule has 2 amide bonds. The Morgan fingerprint density at radius 2 is 1.85 bits per heavy atom. The fraction of sp³-hybridized carbons (Fsp3) is 0.650. The lowest BCUT2D eigenvalue weighted by molar-refractivity contribution is 0.152. The van der Waals surface area contributed by atoms with Gasteiger partial charge >= 0.3 is 6.03 Å². The minimum atomic E-state index is -0.0375. The molecule has 1 saturated heterocycles. The minimum Gasteiger partial charge on any atom is -0.486 e. The van der Waals surface area contributed by atoms with E-state index in [2.05, 4.69) is 22.2 Å². The Balaban J connectivity index is 1.32. The Morgan fingerprint density at radius 3 is 2.63 bits per heavy atom. The van der Waals surface area contributed by atoms with E-state index in [1.54, 1.807) is 4.90 Å². The van der Waals surface area contributed by atoms with Crippen LogP contribution in [0.1, 0.15) is 18.4 Å². The first-order valence-corrected chi connectivity index (χ1v) is 9.90. The quantitative estimate of drug-likeness (QED) is 0.733. The molecule has 0 radical (unpaired) electrons. The molecule has 1 aromatic rings. The molecule has 1 aromatic carbocycles. The van der Waals surface area contributed by atoms with Crippen molar-refractivity contribution < 1.29 is 14.3 Å². The molecule has 7 heteroatoms. The van der Waals surface area contributed by atoms with Crippen LogP contribution in [0.5, 0.6) is 11.5 Å². The normalized spacial score (nSPS) is 17.6. The SMILES string of the molecule is CN1CCN(CCCCNC(=O)N(C)Cc2ccc3c(c2)OCCO3)CC1. The van der Waals surface area contributed by atoms with Crippen LogP contribution in [0.15, 0.2) is 18.2 Å². The molecule has 0 atom stereocenters. The van der Waals surface area contributed by atoms with E-state index in [1.165, 1.54) is 0 Å². The molecule has 150 valence electrons. The number of ether oxygens (including phenoxy) is 2. The van der Waals surface area contributed by atoms with Crippen LogP contribution in [-0.2, 0) is 6.54 Å². The fourth-order valence-corrected chi connectivity index (χ4v) is 3.39. The number of nitrogens with zero attached hydrogens (tertiary/aromatic N) is 3. The Hall–Kier alpha value is -1.99. The van der Waals surface area contributed by atoms with Gasteiger partial charge in [-0.1, -0.05) is 6.07 Å². The van der Waals surface area contributed by atoms with Gasteiger partial charge in [0.05, 0.1) is 0 Å². The second-order valence-electron chi connectivity index (χ2n) is 7.42. The molecule has 0 aliphatic carbocycles. The number of urea groups is 1. The Kier molecular flexibility index (Phi) is 7.18. The molecule has 0 saturated carbocycles. The average Bonchev–Trinajstić information content (AvgIpc) is 2.69. The van der Waals surface area contributed by atoms with Gasteiger partial charge in [0.2, 0.25) is 0 Å². The van der Waals surface area contributed by atoms with E-state index < -0.39 is 0 Å². The lowest BCUT2D eigenvalue weighted by atomic mass is 10.2. The van der Waals surface area contributed by atoms with E-state index in [9.17, 15) is 4.79 Å². The van der Waals surface area contributed by atoms with Gasteiger partial charge in [0, 0.05) is 46.3 Å². The number of nitrogens with one attached hydrogen (secondary N) is 1. The van der Waals surface area contributed by atoms with Gasteiger partial charge < -0.3 is 29.5 Å². The van der Waals surface area contributed by atoms with Crippen LogP contribution in [0.25, 0.3) is 0 Å². The third-order valence-electron chi connectivity index (χ3n) is 5.15. The van der Waals surface area contributed by atoms with Crippen molar-refractivity contribution in [2.45, 2.75) is 19.4 Å². The number of amides is 2. The van der Waals surface area contributed by atoms with Crippen molar-refractivity contribution in [2.24, 2.45) is 0 Å². The Morgan fingerprint density at radius 1 is 1.11 bits per heavy atom. The summed E-state index contributed by atoms with van der Waals surface area (Å²) in [7, 11) is 3.99. The van der Waals surface area contributed by atoms with Crippen molar-refractivity contribution in [3.8, 4) is 11.5 Å². The van der Waals surface area contributed by atoms with Gasteiger partial charge in [-0.2, -0.15) is 0 Å². The van der Waals surface area contributed by atoms with Crippen LogP contribution < -0.4 is 14.8 Å². The zero-order chi connectivity index (χ0) is 19.1. The van der Waals surface area contributed by atoms with Crippen LogP contribution in [-0.4, -0.2) is 87.3 Å². The van der Waals surface area contributed by atoms with Crippen molar-refractivity contribution in [3.05, 3.63) is 23.8 Å². The zero-order valence-corrected chi connectivity index (χ0v) is 16.6. The molecule has 1 N–H and O–H groups in total. The highest BCUT2D eigenvalue weighted by Gasteiger charge is 2.15. The number of benzene rings is 1. The largest absolute Gasteiger partial charge is 0.486 e. The average molecular weight is 377 g/mol. The molecular weight excluding hydrogens is 344 g/mol. The third-order valence-corrected chi connectivity index (χ3v) is 5.15.